The molecule has 1 rings (SSSR count). The van der Waals surface area contributed by atoms with Crippen LogP contribution in [0.25, 0.3) is 0 Å². The minimum Gasteiger partial charge on any atom is -0.508 e. The summed E-state index contributed by atoms with van der Waals surface area (Å²) in [6.45, 7) is 6.06. The number of carbonyl (C=O) groups is 1. The van der Waals surface area contributed by atoms with Gasteiger partial charge in [-0.15, -0.1) is 0 Å². The maximum absolute atomic E-state index is 11.3. The lowest BCUT2D eigenvalue weighted by Crippen LogP contribution is -2.33. The molecule has 0 heterocycles. The van der Waals surface area contributed by atoms with E-state index in [-0.39, 0.29) is 11.2 Å². The topological polar surface area (TPSA) is 72.5 Å². The fraction of sp³-hybridized carbons (Fsp3) is 0.500. The van der Waals surface area contributed by atoms with Crippen molar-refractivity contribution in [3.05, 3.63) is 29.3 Å². The van der Waals surface area contributed by atoms with Crippen LogP contribution in [0.5, 0.6) is 5.75 Å². The van der Waals surface area contributed by atoms with Crippen LogP contribution in [0.1, 0.15) is 31.9 Å². The monoisotopic (exact) mass is 251 g/mol. The number of carbonyl (C=O) groups excluding carboxylic acids is 1. The summed E-state index contributed by atoms with van der Waals surface area (Å²) >= 11 is 0. The molecule has 0 bridgehead atoms. The highest BCUT2D eigenvalue weighted by atomic mass is 16.5. The molecule has 0 aliphatic carbocycles. The van der Waals surface area contributed by atoms with E-state index in [2.05, 4.69) is 4.74 Å². The van der Waals surface area contributed by atoms with Crippen molar-refractivity contribution in [3.63, 3.8) is 0 Å². The molecule has 18 heavy (non-hydrogen) atoms. The standard InChI is InChI=1S/C14H21NO3/c1-14(2,3)10-7-9(5-6-12(10)16)8-11(15)13(17)18-4/h5-7,11,16H,8,15H2,1-4H3. The Kier molecular flexibility index (Phi) is 4.35. The predicted molar refractivity (Wildman–Crippen MR) is 70.5 cm³/mol. The highest BCUT2D eigenvalue weighted by Crippen LogP contribution is 2.31. The van der Waals surface area contributed by atoms with Gasteiger partial charge in [0.05, 0.1) is 7.11 Å². The molecule has 0 amide bonds. The van der Waals surface area contributed by atoms with Gasteiger partial charge in [0.25, 0.3) is 0 Å². The van der Waals surface area contributed by atoms with Gasteiger partial charge in [-0.25, -0.2) is 0 Å². The van der Waals surface area contributed by atoms with E-state index in [1.807, 2.05) is 26.8 Å². The molecule has 0 saturated heterocycles. The first-order valence-electron chi connectivity index (χ1n) is 5.91. The van der Waals surface area contributed by atoms with Crippen molar-refractivity contribution in [3.8, 4) is 5.75 Å². The van der Waals surface area contributed by atoms with Crippen LogP contribution in [0.4, 0.5) is 0 Å². The number of phenols is 1. The van der Waals surface area contributed by atoms with E-state index in [1.54, 1.807) is 12.1 Å². The predicted octanol–water partition coefficient (Wildman–Crippen LogP) is 1.73. The molecule has 0 radical (unpaired) electrons. The molecule has 0 aliphatic heterocycles. The average Bonchev–Trinajstić information content (AvgIpc) is 2.29. The van der Waals surface area contributed by atoms with E-state index in [9.17, 15) is 9.90 Å². The van der Waals surface area contributed by atoms with Crippen LogP contribution in [0.2, 0.25) is 0 Å². The maximum atomic E-state index is 11.3. The Morgan fingerprint density at radius 3 is 2.56 bits per heavy atom. The first kappa shape index (κ1) is 14.5. The number of phenolic OH excluding ortho intramolecular Hbond substituents is 1. The van der Waals surface area contributed by atoms with E-state index < -0.39 is 12.0 Å². The zero-order valence-corrected chi connectivity index (χ0v) is 11.4. The number of methoxy groups -OCH3 is 1. The molecule has 0 fully saturated rings. The van der Waals surface area contributed by atoms with Crippen LogP contribution in [0.3, 0.4) is 0 Å². The normalized spacial score (nSPS) is 13.2. The lowest BCUT2D eigenvalue weighted by molar-refractivity contribution is -0.142. The number of nitrogens with two attached hydrogens (primary N) is 1. The van der Waals surface area contributed by atoms with Gasteiger partial charge in [-0.1, -0.05) is 32.9 Å². The summed E-state index contributed by atoms with van der Waals surface area (Å²) in [6.07, 6.45) is 0.399. The minimum atomic E-state index is -0.674. The lowest BCUT2D eigenvalue weighted by Gasteiger charge is -2.21. The Balaban J connectivity index is 2.96. The third kappa shape index (κ3) is 3.47. The number of esters is 1. The number of hydrogen-bond donors (Lipinski definition) is 2. The van der Waals surface area contributed by atoms with Crippen LogP contribution in [0.15, 0.2) is 18.2 Å². The summed E-state index contributed by atoms with van der Waals surface area (Å²) in [7, 11) is 1.32. The van der Waals surface area contributed by atoms with Crippen molar-refractivity contribution in [1.29, 1.82) is 0 Å². The number of benzene rings is 1. The zero-order chi connectivity index (χ0) is 13.9. The molecular weight excluding hydrogens is 230 g/mol. The number of hydrogen-bond acceptors (Lipinski definition) is 4. The molecule has 100 valence electrons. The molecular formula is C14H21NO3. The van der Waals surface area contributed by atoms with Gasteiger partial charge in [0.15, 0.2) is 0 Å². The van der Waals surface area contributed by atoms with Crippen molar-refractivity contribution in [2.75, 3.05) is 7.11 Å². The third-order valence-electron chi connectivity index (χ3n) is 2.83. The molecule has 1 atom stereocenters. The van der Waals surface area contributed by atoms with Crippen molar-refractivity contribution in [2.24, 2.45) is 5.73 Å². The number of aromatic hydroxyl groups is 1. The fourth-order valence-electron chi connectivity index (χ4n) is 1.80. The van der Waals surface area contributed by atoms with Crippen LogP contribution in [-0.2, 0) is 21.4 Å². The minimum absolute atomic E-state index is 0.157. The second kappa shape index (κ2) is 5.40. The summed E-state index contributed by atoms with van der Waals surface area (Å²) in [5.41, 5.74) is 7.32. The molecule has 1 aromatic rings. The van der Waals surface area contributed by atoms with Crippen LogP contribution < -0.4 is 5.73 Å². The Labute approximate surface area is 108 Å². The van der Waals surface area contributed by atoms with Crippen LogP contribution in [0, 0.1) is 0 Å². The summed E-state index contributed by atoms with van der Waals surface area (Å²) < 4.78 is 4.59. The van der Waals surface area contributed by atoms with E-state index in [0.717, 1.165) is 11.1 Å². The first-order valence-corrected chi connectivity index (χ1v) is 5.91. The second-order valence-corrected chi connectivity index (χ2v) is 5.44. The van der Waals surface area contributed by atoms with E-state index in [1.165, 1.54) is 7.11 Å². The molecule has 1 aromatic carbocycles. The Bertz CT molecular complexity index is 435. The van der Waals surface area contributed by atoms with E-state index >= 15 is 0 Å². The Morgan fingerprint density at radius 2 is 2.06 bits per heavy atom. The molecule has 0 aliphatic rings. The maximum Gasteiger partial charge on any atom is 0.322 e. The molecule has 0 aromatic heterocycles. The van der Waals surface area contributed by atoms with Crippen LogP contribution in [-0.4, -0.2) is 24.2 Å². The Hall–Kier alpha value is -1.55. The number of ether oxygens (including phenoxy) is 1. The van der Waals surface area contributed by atoms with Gasteiger partial charge in [0.1, 0.15) is 11.8 Å². The smallest absolute Gasteiger partial charge is 0.322 e. The molecule has 0 saturated carbocycles. The van der Waals surface area contributed by atoms with Gasteiger partial charge in [0.2, 0.25) is 0 Å². The van der Waals surface area contributed by atoms with Gasteiger partial charge in [0, 0.05) is 0 Å². The van der Waals surface area contributed by atoms with Gasteiger partial charge in [-0.3, -0.25) is 4.79 Å². The summed E-state index contributed by atoms with van der Waals surface area (Å²) in [5.74, 6) is -0.168. The Morgan fingerprint density at radius 1 is 1.44 bits per heavy atom. The highest BCUT2D eigenvalue weighted by Gasteiger charge is 2.20. The van der Waals surface area contributed by atoms with Crippen molar-refractivity contribution < 1.29 is 14.6 Å². The quantitative estimate of drug-likeness (QED) is 0.802. The molecule has 3 N–H and O–H groups in total. The molecule has 4 heteroatoms. The van der Waals surface area contributed by atoms with Crippen molar-refractivity contribution in [2.45, 2.75) is 38.6 Å². The average molecular weight is 251 g/mol. The SMILES string of the molecule is COC(=O)C(N)Cc1ccc(O)c(C(C)(C)C)c1. The van der Waals surface area contributed by atoms with Crippen LogP contribution >= 0.6 is 0 Å². The van der Waals surface area contributed by atoms with Gasteiger partial charge in [-0.2, -0.15) is 0 Å². The van der Waals surface area contributed by atoms with E-state index in [4.69, 9.17) is 5.73 Å². The third-order valence-corrected chi connectivity index (χ3v) is 2.83. The first-order chi connectivity index (χ1) is 8.25. The van der Waals surface area contributed by atoms with Crippen molar-refractivity contribution in [1.82, 2.24) is 0 Å². The molecule has 4 nitrogen and oxygen atoms in total. The highest BCUT2D eigenvalue weighted by molar-refractivity contribution is 5.75. The van der Waals surface area contributed by atoms with Gasteiger partial charge < -0.3 is 15.6 Å². The number of rotatable bonds is 3. The van der Waals surface area contributed by atoms with Gasteiger partial charge >= 0.3 is 5.97 Å². The van der Waals surface area contributed by atoms with Crippen molar-refractivity contribution >= 4 is 5.97 Å². The summed E-state index contributed by atoms with van der Waals surface area (Å²) in [6, 6.07) is 4.62. The molecule has 0 spiro atoms. The van der Waals surface area contributed by atoms with E-state index in [0.29, 0.717) is 6.42 Å². The summed E-state index contributed by atoms with van der Waals surface area (Å²) in [4.78, 5) is 11.3. The fourth-order valence-corrected chi connectivity index (χ4v) is 1.80. The molecule has 1 unspecified atom stereocenters. The summed E-state index contributed by atoms with van der Waals surface area (Å²) in [5, 5.41) is 9.84. The zero-order valence-electron chi connectivity index (χ0n) is 11.4. The van der Waals surface area contributed by atoms with Gasteiger partial charge in [-0.05, 0) is 29.0 Å². The lowest BCUT2D eigenvalue weighted by atomic mass is 9.85. The largest absolute Gasteiger partial charge is 0.508 e. The second-order valence-electron chi connectivity index (χ2n) is 5.44.